The summed E-state index contributed by atoms with van der Waals surface area (Å²) >= 11 is 1.82. The van der Waals surface area contributed by atoms with Gasteiger partial charge >= 0.3 is 0 Å². The molecule has 0 saturated heterocycles. The van der Waals surface area contributed by atoms with Crippen LogP contribution in [0, 0.1) is 0 Å². The Kier molecular flexibility index (Phi) is 3.69. The number of benzene rings is 1. The van der Waals surface area contributed by atoms with Crippen molar-refractivity contribution in [2.45, 2.75) is 50.0 Å². The molecule has 4 nitrogen and oxygen atoms in total. The number of hydrogen-bond acceptors (Lipinski definition) is 4. The van der Waals surface area contributed by atoms with Gasteiger partial charge in [-0.1, -0.05) is 61.4 Å². The van der Waals surface area contributed by atoms with Gasteiger partial charge in [-0.25, -0.2) is 0 Å². The number of fused-ring (bicyclic) bond motifs is 1. The van der Waals surface area contributed by atoms with Crippen molar-refractivity contribution in [3.05, 3.63) is 30.3 Å². The molecular formula is C16H20N4S. The van der Waals surface area contributed by atoms with E-state index in [9.17, 15) is 0 Å². The first kappa shape index (κ1) is 13.3. The van der Waals surface area contributed by atoms with Crippen LogP contribution in [0.15, 0.2) is 35.5 Å². The van der Waals surface area contributed by atoms with Crippen LogP contribution in [-0.4, -0.2) is 31.6 Å². The largest absolute Gasteiger partial charge is 0.288 e. The molecule has 4 rings (SSSR count). The molecule has 2 aliphatic rings. The summed E-state index contributed by atoms with van der Waals surface area (Å²) in [6.45, 7) is 0.935. The first-order chi connectivity index (χ1) is 10.4. The second-order valence-electron chi connectivity index (χ2n) is 5.90. The van der Waals surface area contributed by atoms with E-state index in [2.05, 4.69) is 43.9 Å². The van der Waals surface area contributed by atoms with Crippen LogP contribution in [0.25, 0.3) is 11.4 Å². The zero-order valence-electron chi connectivity index (χ0n) is 12.1. The lowest BCUT2D eigenvalue weighted by atomic mass is 9.95. The van der Waals surface area contributed by atoms with Gasteiger partial charge in [-0.15, -0.1) is 10.2 Å². The predicted octanol–water partition coefficient (Wildman–Crippen LogP) is 3.60. The second-order valence-corrected chi connectivity index (χ2v) is 6.81. The Labute approximate surface area is 129 Å². The van der Waals surface area contributed by atoms with Crippen LogP contribution >= 0.6 is 11.8 Å². The zero-order valence-corrected chi connectivity index (χ0v) is 12.9. The number of hydrogen-bond donors (Lipinski definition) is 0. The highest BCUT2D eigenvalue weighted by atomic mass is 32.2. The highest BCUT2D eigenvalue weighted by molar-refractivity contribution is 7.99. The predicted molar refractivity (Wildman–Crippen MR) is 84.9 cm³/mol. The maximum Gasteiger partial charge on any atom is 0.193 e. The molecule has 1 saturated carbocycles. The second kappa shape index (κ2) is 5.81. The van der Waals surface area contributed by atoms with Gasteiger partial charge < -0.3 is 0 Å². The average Bonchev–Trinajstić information content (AvgIpc) is 2.99. The molecule has 21 heavy (non-hydrogen) atoms. The number of nitrogens with zero attached hydrogens (tertiary/aromatic N) is 4. The minimum Gasteiger partial charge on any atom is -0.288 e. The molecule has 5 heteroatoms. The van der Waals surface area contributed by atoms with E-state index < -0.39 is 0 Å². The van der Waals surface area contributed by atoms with E-state index >= 15 is 0 Å². The van der Waals surface area contributed by atoms with Gasteiger partial charge in [0, 0.05) is 11.6 Å². The summed E-state index contributed by atoms with van der Waals surface area (Å²) in [4.78, 5) is 2.60. The van der Waals surface area contributed by atoms with Gasteiger partial charge in [0.1, 0.15) is 0 Å². The molecule has 0 spiro atoms. The lowest BCUT2D eigenvalue weighted by Crippen LogP contribution is -2.40. The number of thioether (sulfide) groups is 1. The van der Waals surface area contributed by atoms with E-state index in [4.69, 9.17) is 0 Å². The molecule has 0 unspecified atom stereocenters. The Bertz CT molecular complexity index is 604. The van der Waals surface area contributed by atoms with Gasteiger partial charge in [-0.2, -0.15) is 0 Å². The minimum atomic E-state index is 0.741. The molecule has 110 valence electrons. The van der Waals surface area contributed by atoms with Crippen molar-refractivity contribution < 1.29 is 0 Å². The fourth-order valence-corrected chi connectivity index (χ4v) is 4.33. The molecule has 0 N–H and O–H groups in total. The molecule has 2 heterocycles. The van der Waals surface area contributed by atoms with E-state index in [0.29, 0.717) is 0 Å². The summed E-state index contributed by atoms with van der Waals surface area (Å²) in [5.74, 6) is 2.05. The number of rotatable bonds is 2. The summed E-state index contributed by atoms with van der Waals surface area (Å²) in [7, 11) is 0. The van der Waals surface area contributed by atoms with Crippen LogP contribution in [0.5, 0.6) is 0 Å². The third kappa shape index (κ3) is 2.60. The minimum absolute atomic E-state index is 0.741. The van der Waals surface area contributed by atoms with Crippen LogP contribution in [0.4, 0.5) is 0 Å². The molecule has 0 radical (unpaired) electrons. The molecule has 1 aromatic heterocycles. The fourth-order valence-electron chi connectivity index (χ4n) is 3.35. The first-order valence-corrected chi connectivity index (χ1v) is 8.76. The van der Waals surface area contributed by atoms with Crippen LogP contribution < -0.4 is 0 Å². The summed E-state index contributed by atoms with van der Waals surface area (Å²) in [5.41, 5.74) is 1.15. The van der Waals surface area contributed by atoms with Gasteiger partial charge in [0.15, 0.2) is 11.0 Å². The molecule has 2 aromatic rings. The molecule has 1 aliphatic heterocycles. The summed E-state index contributed by atoms with van der Waals surface area (Å²) in [6, 6.07) is 11.1. The van der Waals surface area contributed by atoms with Gasteiger partial charge in [0.05, 0.1) is 12.5 Å². The highest BCUT2D eigenvalue weighted by Crippen LogP contribution is 2.32. The zero-order chi connectivity index (χ0) is 14.1. The summed E-state index contributed by atoms with van der Waals surface area (Å²) in [6.07, 6.45) is 6.86. The van der Waals surface area contributed by atoms with Crippen molar-refractivity contribution >= 4 is 11.8 Å². The van der Waals surface area contributed by atoms with Crippen molar-refractivity contribution in [1.82, 2.24) is 19.7 Å². The third-order valence-electron chi connectivity index (χ3n) is 4.52. The van der Waals surface area contributed by atoms with Gasteiger partial charge in [-0.05, 0) is 12.8 Å². The normalized spacial score (nSPS) is 20.4. The Balaban J connectivity index is 1.60. The van der Waals surface area contributed by atoms with Crippen LogP contribution in [0.1, 0.15) is 32.1 Å². The topological polar surface area (TPSA) is 34.0 Å². The van der Waals surface area contributed by atoms with Crippen LogP contribution in [0.3, 0.4) is 0 Å². The molecule has 0 atom stereocenters. The molecular weight excluding hydrogens is 280 g/mol. The Morgan fingerprint density at radius 2 is 1.81 bits per heavy atom. The highest BCUT2D eigenvalue weighted by Gasteiger charge is 2.28. The molecule has 0 amide bonds. The van der Waals surface area contributed by atoms with Crippen LogP contribution in [0.2, 0.25) is 0 Å². The maximum absolute atomic E-state index is 4.41. The van der Waals surface area contributed by atoms with E-state index in [1.165, 1.54) is 32.1 Å². The van der Waals surface area contributed by atoms with E-state index in [1.54, 1.807) is 0 Å². The van der Waals surface area contributed by atoms with Crippen molar-refractivity contribution in [1.29, 1.82) is 0 Å². The van der Waals surface area contributed by atoms with Crippen molar-refractivity contribution in [3.8, 4) is 11.4 Å². The average molecular weight is 300 g/mol. The Morgan fingerprint density at radius 1 is 1.00 bits per heavy atom. The molecule has 1 aliphatic carbocycles. The van der Waals surface area contributed by atoms with E-state index in [0.717, 1.165) is 35.1 Å². The SMILES string of the molecule is c1ccc(-c2nnc3n2CN(C2CCCCC2)CS3)cc1. The quantitative estimate of drug-likeness (QED) is 0.848. The van der Waals surface area contributed by atoms with Crippen molar-refractivity contribution in [3.63, 3.8) is 0 Å². The van der Waals surface area contributed by atoms with Crippen molar-refractivity contribution in [2.75, 3.05) is 5.88 Å². The standard InChI is InChI=1S/C16H20N4S/c1-3-7-13(8-4-1)15-17-18-16-20(15)11-19(12-21-16)14-9-5-2-6-10-14/h1,3-4,7-8,14H,2,5-6,9-12H2. The fraction of sp³-hybridized carbons (Fsp3) is 0.500. The van der Waals surface area contributed by atoms with E-state index in [-0.39, 0.29) is 0 Å². The van der Waals surface area contributed by atoms with Gasteiger partial charge in [0.25, 0.3) is 0 Å². The number of aromatic nitrogens is 3. The third-order valence-corrected chi connectivity index (χ3v) is 5.54. The smallest absolute Gasteiger partial charge is 0.193 e. The molecule has 1 aromatic carbocycles. The molecule has 1 fully saturated rings. The Hall–Kier alpha value is -1.33. The van der Waals surface area contributed by atoms with E-state index in [1.807, 2.05) is 17.8 Å². The summed E-state index contributed by atoms with van der Waals surface area (Å²) in [5, 5.41) is 9.83. The van der Waals surface area contributed by atoms with Gasteiger partial charge in [-0.3, -0.25) is 9.47 Å². The summed E-state index contributed by atoms with van der Waals surface area (Å²) < 4.78 is 2.28. The lowest BCUT2D eigenvalue weighted by molar-refractivity contribution is 0.135. The van der Waals surface area contributed by atoms with Crippen molar-refractivity contribution in [2.24, 2.45) is 0 Å². The Morgan fingerprint density at radius 3 is 2.62 bits per heavy atom. The maximum atomic E-state index is 4.41. The van der Waals surface area contributed by atoms with Gasteiger partial charge in [0.2, 0.25) is 0 Å². The monoisotopic (exact) mass is 300 g/mol. The first-order valence-electron chi connectivity index (χ1n) is 7.77. The molecule has 0 bridgehead atoms. The van der Waals surface area contributed by atoms with Crippen LogP contribution in [-0.2, 0) is 6.67 Å². The lowest BCUT2D eigenvalue weighted by Gasteiger charge is -2.36.